The van der Waals surface area contributed by atoms with Gasteiger partial charge in [-0.05, 0) is 42.7 Å². The number of amides is 2. The molecule has 0 spiro atoms. The van der Waals surface area contributed by atoms with Crippen LogP contribution >= 0.6 is 11.3 Å². The Balaban J connectivity index is 1.95. The van der Waals surface area contributed by atoms with E-state index < -0.39 is 14.6 Å². The second-order valence-corrected chi connectivity index (χ2v) is 9.13. The summed E-state index contributed by atoms with van der Waals surface area (Å²) in [6.45, 7) is 4.68. The third kappa shape index (κ3) is 3.32. The van der Waals surface area contributed by atoms with Gasteiger partial charge in [-0.3, -0.25) is 0 Å². The van der Waals surface area contributed by atoms with E-state index >= 15 is 0 Å². The molecule has 1 aromatic rings. The van der Waals surface area contributed by atoms with Crippen molar-refractivity contribution in [2.24, 2.45) is 0 Å². The fourth-order valence-corrected chi connectivity index (χ4v) is 4.15. The Kier molecular flexibility index (Phi) is 4.39. The first-order valence-electron chi connectivity index (χ1n) is 6.58. The molecule has 1 fully saturated rings. The van der Waals surface area contributed by atoms with E-state index in [4.69, 9.17) is 0 Å². The highest BCUT2D eigenvalue weighted by atomic mass is 32.2. The first-order valence-corrected chi connectivity index (χ1v) is 9.17. The van der Waals surface area contributed by atoms with Gasteiger partial charge in [-0.25, -0.2) is 13.2 Å². The van der Waals surface area contributed by atoms with Gasteiger partial charge in [0.05, 0.1) is 10.5 Å². The van der Waals surface area contributed by atoms with Gasteiger partial charge in [0, 0.05) is 19.6 Å². The molecule has 0 aromatic carbocycles. The van der Waals surface area contributed by atoms with Crippen LogP contribution < -0.4 is 5.32 Å². The molecule has 0 unspecified atom stereocenters. The summed E-state index contributed by atoms with van der Waals surface area (Å²) >= 11 is 1.59. The zero-order valence-corrected chi connectivity index (χ0v) is 13.4. The summed E-state index contributed by atoms with van der Waals surface area (Å²) in [5, 5.41) is 6.78. The number of nitrogens with zero attached hydrogens (tertiary/aromatic N) is 1. The maximum absolute atomic E-state index is 12.1. The highest BCUT2D eigenvalue weighted by Crippen LogP contribution is 2.25. The molecular formula is C13H20N2O3S2. The van der Waals surface area contributed by atoms with Crippen LogP contribution in [-0.2, 0) is 16.4 Å². The zero-order valence-electron chi connectivity index (χ0n) is 11.8. The van der Waals surface area contributed by atoms with Crippen LogP contribution in [0, 0.1) is 0 Å². The second-order valence-electron chi connectivity index (χ2n) is 5.61. The minimum atomic E-state index is -3.14. The molecule has 0 bridgehead atoms. The summed E-state index contributed by atoms with van der Waals surface area (Å²) in [6.07, 6.45) is 0.473. The standard InChI is InChI=1S/C13H20N2O3S2/c1-13(2)4-5-15(6-8-20(13,17)18)12(16)14-9-11-3-7-19-10-11/h3,7,10H,4-6,8-9H2,1-2H3,(H,14,16). The largest absolute Gasteiger partial charge is 0.334 e. The fourth-order valence-electron chi connectivity index (χ4n) is 2.06. The van der Waals surface area contributed by atoms with Crippen LogP contribution in [0.25, 0.3) is 0 Å². The summed E-state index contributed by atoms with van der Waals surface area (Å²) in [6, 6.07) is 1.77. The van der Waals surface area contributed by atoms with Crippen LogP contribution in [0.5, 0.6) is 0 Å². The van der Waals surface area contributed by atoms with Gasteiger partial charge >= 0.3 is 6.03 Å². The minimum absolute atomic E-state index is 0.0336. The number of hydrogen-bond donors (Lipinski definition) is 1. The Morgan fingerprint density at radius 3 is 2.85 bits per heavy atom. The molecule has 1 aromatic heterocycles. The van der Waals surface area contributed by atoms with E-state index in [1.807, 2.05) is 16.8 Å². The molecule has 7 heteroatoms. The Bertz CT molecular complexity index is 564. The summed E-state index contributed by atoms with van der Waals surface area (Å²) < 4.78 is 23.4. The van der Waals surface area contributed by atoms with Crippen molar-refractivity contribution in [3.05, 3.63) is 22.4 Å². The van der Waals surface area contributed by atoms with Gasteiger partial charge in [0.2, 0.25) is 0 Å². The predicted molar refractivity (Wildman–Crippen MR) is 80.6 cm³/mol. The third-order valence-electron chi connectivity index (χ3n) is 3.77. The van der Waals surface area contributed by atoms with Crippen molar-refractivity contribution in [1.82, 2.24) is 10.2 Å². The van der Waals surface area contributed by atoms with Crippen LogP contribution in [0.2, 0.25) is 0 Å². The Morgan fingerprint density at radius 2 is 2.20 bits per heavy atom. The van der Waals surface area contributed by atoms with Gasteiger partial charge in [-0.1, -0.05) is 0 Å². The van der Waals surface area contributed by atoms with Crippen molar-refractivity contribution in [2.45, 2.75) is 31.6 Å². The molecule has 1 aliphatic heterocycles. The number of nitrogens with one attached hydrogen (secondary N) is 1. The average Bonchev–Trinajstić information content (AvgIpc) is 2.85. The molecule has 1 aliphatic rings. The molecule has 20 heavy (non-hydrogen) atoms. The van der Waals surface area contributed by atoms with Crippen molar-refractivity contribution < 1.29 is 13.2 Å². The summed E-state index contributed by atoms with van der Waals surface area (Å²) in [4.78, 5) is 13.7. The topological polar surface area (TPSA) is 66.5 Å². The van der Waals surface area contributed by atoms with Crippen LogP contribution in [0.3, 0.4) is 0 Å². The van der Waals surface area contributed by atoms with Gasteiger partial charge in [0.15, 0.2) is 9.84 Å². The normalized spacial score (nSPS) is 21.2. The second kappa shape index (κ2) is 5.73. The Morgan fingerprint density at radius 1 is 1.45 bits per heavy atom. The van der Waals surface area contributed by atoms with E-state index in [1.165, 1.54) is 0 Å². The van der Waals surface area contributed by atoms with Gasteiger partial charge in [-0.15, -0.1) is 0 Å². The summed E-state index contributed by atoms with van der Waals surface area (Å²) in [7, 11) is -3.14. The number of urea groups is 1. The van der Waals surface area contributed by atoms with Gasteiger partial charge < -0.3 is 10.2 Å². The molecule has 2 rings (SSSR count). The van der Waals surface area contributed by atoms with Crippen molar-refractivity contribution >= 4 is 27.2 Å². The lowest BCUT2D eigenvalue weighted by Crippen LogP contribution is -2.41. The highest BCUT2D eigenvalue weighted by Gasteiger charge is 2.37. The van der Waals surface area contributed by atoms with Crippen LogP contribution in [0.4, 0.5) is 4.79 Å². The quantitative estimate of drug-likeness (QED) is 0.905. The molecule has 1 N–H and O–H groups in total. The van der Waals surface area contributed by atoms with Gasteiger partial charge in [0.25, 0.3) is 0 Å². The Labute approximate surface area is 123 Å². The minimum Gasteiger partial charge on any atom is -0.334 e. The predicted octanol–water partition coefficient (Wildman–Crippen LogP) is 1.86. The highest BCUT2D eigenvalue weighted by molar-refractivity contribution is 7.92. The smallest absolute Gasteiger partial charge is 0.317 e. The first kappa shape index (κ1) is 15.3. The van der Waals surface area contributed by atoms with E-state index in [2.05, 4.69) is 5.32 Å². The lowest BCUT2D eigenvalue weighted by Gasteiger charge is -2.22. The molecule has 0 atom stereocenters. The first-order chi connectivity index (χ1) is 9.32. The van der Waals surface area contributed by atoms with Crippen molar-refractivity contribution in [2.75, 3.05) is 18.8 Å². The number of hydrogen-bond acceptors (Lipinski definition) is 4. The fraction of sp³-hybridized carbons (Fsp3) is 0.615. The average molecular weight is 316 g/mol. The molecule has 2 amide bonds. The van der Waals surface area contributed by atoms with E-state index in [0.29, 0.717) is 19.5 Å². The molecule has 2 heterocycles. The van der Waals surface area contributed by atoms with Crippen molar-refractivity contribution in [3.63, 3.8) is 0 Å². The molecule has 112 valence electrons. The lowest BCUT2D eigenvalue weighted by molar-refractivity contribution is 0.200. The molecule has 0 saturated carbocycles. The SMILES string of the molecule is CC1(C)CCN(C(=O)NCc2ccsc2)CCS1(=O)=O. The number of thiophene rings is 1. The van der Waals surface area contributed by atoms with Crippen LogP contribution in [0.15, 0.2) is 16.8 Å². The number of rotatable bonds is 2. The zero-order chi connectivity index (χ0) is 14.8. The molecule has 5 nitrogen and oxygen atoms in total. The monoisotopic (exact) mass is 316 g/mol. The molecular weight excluding hydrogens is 296 g/mol. The number of sulfone groups is 1. The Hall–Kier alpha value is -1.08. The third-order valence-corrected chi connectivity index (χ3v) is 7.11. The van der Waals surface area contributed by atoms with Crippen LogP contribution in [-0.4, -0.2) is 42.9 Å². The van der Waals surface area contributed by atoms with Crippen LogP contribution in [0.1, 0.15) is 25.8 Å². The van der Waals surface area contributed by atoms with Gasteiger partial charge in [0.1, 0.15) is 0 Å². The van der Waals surface area contributed by atoms with E-state index in [-0.39, 0.29) is 18.3 Å². The molecule has 0 aliphatic carbocycles. The molecule has 1 saturated heterocycles. The van der Waals surface area contributed by atoms with Gasteiger partial charge in [-0.2, -0.15) is 11.3 Å². The maximum atomic E-state index is 12.1. The molecule has 0 radical (unpaired) electrons. The van der Waals surface area contributed by atoms with Crippen molar-refractivity contribution in [3.8, 4) is 0 Å². The summed E-state index contributed by atoms with van der Waals surface area (Å²) in [5.74, 6) is 0.0336. The van der Waals surface area contributed by atoms with E-state index in [1.54, 1.807) is 30.1 Å². The number of carbonyl (C=O) groups is 1. The summed E-state index contributed by atoms with van der Waals surface area (Å²) in [5.41, 5.74) is 1.06. The maximum Gasteiger partial charge on any atom is 0.317 e. The lowest BCUT2D eigenvalue weighted by atomic mass is 10.1. The van der Waals surface area contributed by atoms with E-state index in [0.717, 1.165) is 5.56 Å². The number of carbonyl (C=O) groups excluding carboxylic acids is 1. The van der Waals surface area contributed by atoms with Crippen molar-refractivity contribution in [1.29, 1.82) is 0 Å². The van der Waals surface area contributed by atoms with E-state index in [9.17, 15) is 13.2 Å².